The van der Waals surface area contributed by atoms with Crippen LogP contribution in [0.4, 0.5) is 5.69 Å². The minimum Gasteiger partial charge on any atom is -0.365 e. The van der Waals surface area contributed by atoms with Gasteiger partial charge in [-0.15, -0.1) is 0 Å². The second-order valence-electron chi connectivity index (χ2n) is 7.01. The van der Waals surface area contributed by atoms with E-state index >= 15 is 0 Å². The van der Waals surface area contributed by atoms with E-state index < -0.39 is 0 Å². The largest absolute Gasteiger partial charge is 0.365 e. The Hall–Kier alpha value is -1.73. The van der Waals surface area contributed by atoms with Gasteiger partial charge >= 0.3 is 0 Å². The molecule has 0 saturated heterocycles. The van der Waals surface area contributed by atoms with Crippen molar-refractivity contribution in [2.45, 2.75) is 45.1 Å². The number of anilines is 1. The van der Waals surface area contributed by atoms with Crippen LogP contribution in [0.2, 0.25) is 5.02 Å². The van der Waals surface area contributed by atoms with Crippen molar-refractivity contribution in [3.8, 4) is 0 Å². The Balaban J connectivity index is 2.02. The highest BCUT2D eigenvalue weighted by Crippen LogP contribution is 2.42. The SMILES string of the molecule is CCCCC1=CC(C)(Cc2ccccc2)N(C)c2ccc(Cl)cc21. The summed E-state index contributed by atoms with van der Waals surface area (Å²) in [6, 6.07) is 17.1. The number of rotatable bonds is 5. The number of unbranched alkanes of at least 4 members (excludes halogenated alkanes) is 1. The molecule has 1 aliphatic rings. The van der Waals surface area contributed by atoms with E-state index in [9.17, 15) is 0 Å². The van der Waals surface area contributed by atoms with E-state index in [1.165, 1.54) is 35.2 Å². The lowest BCUT2D eigenvalue weighted by Gasteiger charge is -2.44. The van der Waals surface area contributed by atoms with Gasteiger partial charge in [0.25, 0.3) is 0 Å². The van der Waals surface area contributed by atoms with E-state index in [-0.39, 0.29) is 5.54 Å². The lowest BCUT2D eigenvalue weighted by atomic mass is 9.81. The summed E-state index contributed by atoms with van der Waals surface area (Å²) in [5.74, 6) is 0. The van der Waals surface area contributed by atoms with Gasteiger partial charge in [-0.3, -0.25) is 0 Å². The van der Waals surface area contributed by atoms with E-state index in [0.717, 1.165) is 17.9 Å². The number of halogens is 1. The maximum Gasteiger partial charge on any atom is 0.0599 e. The third kappa shape index (κ3) is 3.37. The van der Waals surface area contributed by atoms with Gasteiger partial charge in [-0.25, -0.2) is 0 Å². The van der Waals surface area contributed by atoms with Crippen molar-refractivity contribution in [3.05, 3.63) is 70.8 Å². The second-order valence-corrected chi connectivity index (χ2v) is 7.45. The third-order valence-corrected chi connectivity index (χ3v) is 5.36. The van der Waals surface area contributed by atoms with Crippen molar-refractivity contribution in [3.63, 3.8) is 0 Å². The molecule has 1 atom stereocenters. The van der Waals surface area contributed by atoms with Crippen molar-refractivity contribution in [1.29, 1.82) is 0 Å². The smallest absolute Gasteiger partial charge is 0.0599 e. The highest BCUT2D eigenvalue weighted by atomic mass is 35.5. The minimum absolute atomic E-state index is 0.0226. The molecule has 0 bridgehead atoms. The fourth-order valence-electron chi connectivity index (χ4n) is 3.64. The van der Waals surface area contributed by atoms with Crippen LogP contribution in [-0.2, 0) is 6.42 Å². The van der Waals surface area contributed by atoms with E-state index in [0.29, 0.717) is 0 Å². The molecule has 1 unspecified atom stereocenters. The Labute approximate surface area is 151 Å². The zero-order chi connectivity index (χ0) is 17.2. The first kappa shape index (κ1) is 17.1. The zero-order valence-electron chi connectivity index (χ0n) is 14.8. The molecule has 2 heteroatoms. The molecule has 1 heterocycles. The Morgan fingerprint density at radius 1 is 1.08 bits per heavy atom. The number of allylic oxidation sites excluding steroid dienone is 1. The summed E-state index contributed by atoms with van der Waals surface area (Å²) < 4.78 is 0. The van der Waals surface area contributed by atoms with Gasteiger partial charge in [0, 0.05) is 23.3 Å². The van der Waals surface area contributed by atoms with Crippen LogP contribution in [0.3, 0.4) is 0 Å². The predicted octanol–water partition coefficient (Wildman–Crippen LogP) is 6.36. The topological polar surface area (TPSA) is 3.24 Å². The average molecular weight is 340 g/mol. The number of benzene rings is 2. The number of hydrogen-bond donors (Lipinski definition) is 0. The summed E-state index contributed by atoms with van der Waals surface area (Å²) in [7, 11) is 2.20. The summed E-state index contributed by atoms with van der Waals surface area (Å²) in [6.45, 7) is 4.58. The summed E-state index contributed by atoms with van der Waals surface area (Å²) in [5, 5.41) is 0.816. The molecule has 0 spiro atoms. The standard InChI is InChI=1S/C22H26ClN/c1-4-5-11-18-16-22(2,15-17-9-7-6-8-10-17)24(3)21-13-12-19(23)14-20(18)21/h6-10,12-14,16H,4-5,11,15H2,1-3H3. The predicted molar refractivity (Wildman–Crippen MR) is 106 cm³/mol. The van der Waals surface area contributed by atoms with Gasteiger partial charge in [0.2, 0.25) is 0 Å². The van der Waals surface area contributed by atoms with Crippen LogP contribution in [0.5, 0.6) is 0 Å². The fourth-order valence-corrected chi connectivity index (χ4v) is 3.81. The van der Waals surface area contributed by atoms with Gasteiger partial charge in [0.15, 0.2) is 0 Å². The first-order valence-electron chi connectivity index (χ1n) is 8.83. The lowest BCUT2D eigenvalue weighted by Crippen LogP contribution is -2.46. The van der Waals surface area contributed by atoms with Crippen LogP contribution in [0, 0.1) is 0 Å². The van der Waals surface area contributed by atoms with E-state index in [1.807, 2.05) is 6.07 Å². The molecule has 0 amide bonds. The van der Waals surface area contributed by atoms with E-state index in [1.54, 1.807) is 0 Å². The maximum absolute atomic E-state index is 6.28. The molecule has 2 aromatic rings. The van der Waals surface area contributed by atoms with Crippen molar-refractivity contribution in [1.82, 2.24) is 0 Å². The number of nitrogens with zero attached hydrogens (tertiary/aromatic N) is 1. The lowest BCUT2D eigenvalue weighted by molar-refractivity contribution is 0.536. The highest BCUT2D eigenvalue weighted by Gasteiger charge is 2.33. The Morgan fingerprint density at radius 2 is 1.83 bits per heavy atom. The number of hydrogen-bond acceptors (Lipinski definition) is 1. The first-order chi connectivity index (χ1) is 11.5. The van der Waals surface area contributed by atoms with Gasteiger partial charge in [-0.2, -0.15) is 0 Å². The van der Waals surface area contributed by atoms with Gasteiger partial charge in [-0.1, -0.05) is 61.4 Å². The van der Waals surface area contributed by atoms with E-state index in [4.69, 9.17) is 11.6 Å². The molecule has 0 aliphatic carbocycles. The van der Waals surface area contributed by atoms with Gasteiger partial charge in [0.05, 0.1) is 5.54 Å². The van der Waals surface area contributed by atoms with Crippen molar-refractivity contribution < 1.29 is 0 Å². The molecule has 0 N–H and O–H groups in total. The highest BCUT2D eigenvalue weighted by molar-refractivity contribution is 6.30. The van der Waals surface area contributed by atoms with Crippen LogP contribution >= 0.6 is 11.6 Å². The zero-order valence-corrected chi connectivity index (χ0v) is 15.6. The summed E-state index contributed by atoms with van der Waals surface area (Å²) >= 11 is 6.28. The molecule has 1 nitrogen and oxygen atoms in total. The maximum atomic E-state index is 6.28. The normalized spacial score (nSPS) is 19.8. The molecule has 0 saturated carbocycles. The molecular formula is C22H26ClN. The van der Waals surface area contributed by atoms with E-state index in [2.05, 4.69) is 74.3 Å². The monoisotopic (exact) mass is 339 g/mol. The van der Waals surface area contributed by atoms with Gasteiger partial charge < -0.3 is 4.90 Å². The Kier molecular flexibility index (Phi) is 5.01. The summed E-state index contributed by atoms with van der Waals surface area (Å²) in [6.07, 6.45) is 7.00. The van der Waals surface area contributed by atoms with Crippen LogP contribution < -0.4 is 4.90 Å². The van der Waals surface area contributed by atoms with Gasteiger partial charge in [0.1, 0.15) is 0 Å². The Bertz CT molecular complexity index is 735. The second kappa shape index (κ2) is 7.03. The van der Waals surface area contributed by atoms with Crippen LogP contribution in [0.15, 0.2) is 54.6 Å². The van der Waals surface area contributed by atoms with Crippen molar-refractivity contribution in [2.24, 2.45) is 0 Å². The minimum atomic E-state index is -0.0226. The summed E-state index contributed by atoms with van der Waals surface area (Å²) in [4.78, 5) is 2.40. The van der Waals surface area contributed by atoms with Crippen molar-refractivity contribution >= 4 is 22.9 Å². The Morgan fingerprint density at radius 3 is 2.54 bits per heavy atom. The molecule has 2 aromatic carbocycles. The molecule has 24 heavy (non-hydrogen) atoms. The van der Waals surface area contributed by atoms with Crippen LogP contribution in [0.25, 0.3) is 5.57 Å². The fraction of sp³-hybridized carbons (Fsp3) is 0.364. The number of fused-ring (bicyclic) bond motifs is 1. The van der Waals surface area contributed by atoms with Gasteiger partial charge in [-0.05, 0) is 55.5 Å². The third-order valence-electron chi connectivity index (χ3n) is 5.12. The van der Waals surface area contributed by atoms with Crippen LogP contribution in [0.1, 0.15) is 44.2 Å². The molecule has 1 aliphatic heterocycles. The molecular weight excluding hydrogens is 314 g/mol. The molecule has 126 valence electrons. The summed E-state index contributed by atoms with van der Waals surface area (Å²) in [5.41, 5.74) is 5.36. The van der Waals surface area contributed by atoms with Crippen molar-refractivity contribution in [2.75, 3.05) is 11.9 Å². The quantitative estimate of drug-likeness (QED) is 0.612. The first-order valence-corrected chi connectivity index (χ1v) is 9.21. The number of likely N-dealkylation sites (N-methyl/N-ethyl adjacent to an activating group) is 1. The molecule has 0 aromatic heterocycles. The molecule has 0 radical (unpaired) electrons. The van der Waals surface area contributed by atoms with Crippen LogP contribution in [-0.4, -0.2) is 12.6 Å². The molecule has 3 rings (SSSR count). The molecule has 0 fully saturated rings. The average Bonchev–Trinajstić information content (AvgIpc) is 2.58.